The van der Waals surface area contributed by atoms with Crippen molar-refractivity contribution in [2.75, 3.05) is 18.5 Å². The van der Waals surface area contributed by atoms with Gasteiger partial charge in [0, 0.05) is 12.2 Å². The number of para-hydroxylation sites is 2. The summed E-state index contributed by atoms with van der Waals surface area (Å²) in [6, 6.07) is 17.7. The summed E-state index contributed by atoms with van der Waals surface area (Å²) in [6.07, 6.45) is 0. The van der Waals surface area contributed by atoms with E-state index in [4.69, 9.17) is 9.05 Å². The van der Waals surface area contributed by atoms with E-state index in [0.29, 0.717) is 6.54 Å². The van der Waals surface area contributed by atoms with Crippen LogP contribution >= 0.6 is 7.82 Å². The van der Waals surface area contributed by atoms with Gasteiger partial charge in [0.1, 0.15) is 5.75 Å². The van der Waals surface area contributed by atoms with Crippen LogP contribution in [-0.4, -0.2) is 13.2 Å². The fraction of sp³-hybridized carbons (Fsp3) is 0.143. The minimum atomic E-state index is -4.33. The summed E-state index contributed by atoms with van der Waals surface area (Å²) in [4.78, 5) is 11.6. The Morgan fingerprint density at radius 3 is 2.25 bits per heavy atom. The zero-order valence-electron chi connectivity index (χ0n) is 10.8. The van der Waals surface area contributed by atoms with Crippen LogP contribution in [0.5, 0.6) is 5.75 Å². The molecule has 0 aliphatic heterocycles. The van der Waals surface area contributed by atoms with E-state index in [2.05, 4.69) is 5.32 Å². The lowest BCUT2D eigenvalue weighted by Crippen LogP contribution is -2.15. The lowest BCUT2D eigenvalue weighted by Gasteiger charge is -2.23. The van der Waals surface area contributed by atoms with Gasteiger partial charge >= 0.3 is 7.82 Å². The smallest absolute Gasteiger partial charge is 0.319 e. The molecule has 1 atom stereocenters. The van der Waals surface area contributed by atoms with Gasteiger partial charge in [0.2, 0.25) is 0 Å². The molecule has 1 unspecified atom stereocenters. The molecule has 0 fully saturated rings. The molecule has 0 saturated heterocycles. The van der Waals surface area contributed by atoms with Crippen LogP contribution in [0.1, 0.15) is 0 Å². The lowest BCUT2D eigenvalue weighted by atomic mass is 10.3. The van der Waals surface area contributed by atoms with Gasteiger partial charge in [0.05, 0.1) is 6.61 Å². The number of benzene rings is 2. The maximum Gasteiger partial charge on any atom is 0.319 e. The van der Waals surface area contributed by atoms with E-state index >= 15 is 0 Å². The number of nitrogens with one attached hydrogen (secondary N) is 1. The van der Waals surface area contributed by atoms with Crippen molar-refractivity contribution in [3.8, 4) is 5.75 Å². The Morgan fingerprint density at radius 1 is 1.00 bits per heavy atom. The molecule has 0 amide bonds. The van der Waals surface area contributed by atoms with E-state index in [0.717, 1.165) is 5.69 Å². The SMILES string of the molecule is O=P([O-])(OCCNc1ccccc1)Oc1ccccc1. The van der Waals surface area contributed by atoms with Crippen LogP contribution in [0, 0.1) is 0 Å². The van der Waals surface area contributed by atoms with E-state index < -0.39 is 7.82 Å². The molecule has 0 bridgehead atoms. The topological polar surface area (TPSA) is 70.6 Å². The van der Waals surface area contributed by atoms with Crippen LogP contribution in [0.2, 0.25) is 0 Å². The van der Waals surface area contributed by atoms with Crippen molar-refractivity contribution in [2.45, 2.75) is 0 Å². The van der Waals surface area contributed by atoms with Crippen LogP contribution in [0.4, 0.5) is 5.69 Å². The summed E-state index contributed by atoms with van der Waals surface area (Å²) in [5.74, 6) is 0.238. The summed E-state index contributed by atoms with van der Waals surface area (Å²) >= 11 is 0. The minimum Gasteiger partial charge on any atom is -0.746 e. The second kappa shape index (κ2) is 7.10. The molecule has 6 heteroatoms. The number of rotatable bonds is 7. The molecule has 0 spiro atoms. The number of hydrogen-bond acceptors (Lipinski definition) is 5. The first-order chi connectivity index (χ1) is 9.66. The summed E-state index contributed by atoms with van der Waals surface area (Å²) in [6.45, 7) is 0.372. The van der Waals surface area contributed by atoms with Gasteiger partial charge < -0.3 is 19.3 Å². The van der Waals surface area contributed by atoms with Crippen molar-refractivity contribution in [1.29, 1.82) is 0 Å². The number of hydrogen-bond donors (Lipinski definition) is 1. The highest BCUT2D eigenvalue weighted by atomic mass is 31.2. The normalized spacial score (nSPS) is 13.4. The molecular formula is C14H15NO4P-. The van der Waals surface area contributed by atoms with Crippen LogP contribution in [-0.2, 0) is 9.09 Å². The van der Waals surface area contributed by atoms with Gasteiger partial charge in [-0.3, -0.25) is 4.57 Å². The number of phosphoric acid groups is 1. The fourth-order valence-electron chi connectivity index (χ4n) is 1.55. The predicted octanol–water partition coefficient (Wildman–Crippen LogP) is 2.66. The Morgan fingerprint density at radius 2 is 1.60 bits per heavy atom. The highest BCUT2D eigenvalue weighted by Crippen LogP contribution is 2.38. The standard InChI is InChI=1S/C14H16NO4P/c16-20(17,19-14-9-5-2-6-10-14)18-12-11-15-13-7-3-1-4-8-13/h1-10,15H,11-12H2,(H,16,17)/p-1. The highest BCUT2D eigenvalue weighted by molar-refractivity contribution is 7.46. The van der Waals surface area contributed by atoms with Gasteiger partial charge in [-0.1, -0.05) is 36.4 Å². The van der Waals surface area contributed by atoms with Gasteiger partial charge in [-0.2, -0.15) is 0 Å². The molecule has 2 aromatic carbocycles. The van der Waals surface area contributed by atoms with Gasteiger partial charge in [0.15, 0.2) is 0 Å². The average molecular weight is 292 g/mol. The Labute approximate surface area is 117 Å². The Kier molecular flexibility index (Phi) is 5.18. The summed E-state index contributed by atoms with van der Waals surface area (Å²) in [7, 11) is -4.33. The van der Waals surface area contributed by atoms with E-state index in [9.17, 15) is 9.46 Å². The van der Waals surface area contributed by atoms with Crippen molar-refractivity contribution in [2.24, 2.45) is 0 Å². The fourth-order valence-corrected chi connectivity index (χ4v) is 2.29. The van der Waals surface area contributed by atoms with Crippen molar-refractivity contribution in [1.82, 2.24) is 0 Å². The van der Waals surface area contributed by atoms with Crippen molar-refractivity contribution >= 4 is 13.5 Å². The zero-order valence-corrected chi connectivity index (χ0v) is 11.7. The summed E-state index contributed by atoms with van der Waals surface area (Å²) in [5.41, 5.74) is 0.904. The molecule has 0 aromatic heterocycles. The molecule has 0 aliphatic rings. The number of phosphoric ester groups is 1. The quantitative estimate of drug-likeness (QED) is 0.627. The largest absolute Gasteiger partial charge is 0.746 e. The van der Waals surface area contributed by atoms with Crippen LogP contribution in [0.15, 0.2) is 60.7 Å². The average Bonchev–Trinajstić information content (AvgIpc) is 2.45. The first-order valence-electron chi connectivity index (χ1n) is 6.15. The van der Waals surface area contributed by atoms with Crippen molar-refractivity contribution in [3.05, 3.63) is 60.7 Å². The van der Waals surface area contributed by atoms with E-state index in [1.165, 1.54) is 0 Å². The second-order valence-electron chi connectivity index (χ2n) is 3.98. The molecule has 5 nitrogen and oxygen atoms in total. The summed E-state index contributed by atoms with van der Waals surface area (Å²) in [5, 5.41) is 3.04. The molecule has 2 aromatic rings. The van der Waals surface area contributed by atoms with E-state index in [-0.39, 0.29) is 12.4 Å². The van der Waals surface area contributed by atoms with Gasteiger partial charge in [0.25, 0.3) is 0 Å². The molecule has 0 radical (unpaired) electrons. The molecule has 20 heavy (non-hydrogen) atoms. The molecule has 0 aliphatic carbocycles. The van der Waals surface area contributed by atoms with Crippen LogP contribution in [0.25, 0.3) is 0 Å². The summed E-state index contributed by atoms with van der Waals surface area (Å²) < 4.78 is 21.1. The van der Waals surface area contributed by atoms with Crippen LogP contribution < -0.4 is 14.7 Å². The monoisotopic (exact) mass is 292 g/mol. The Balaban J connectivity index is 1.74. The molecule has 0 heterocycles. The van der Waals surface area contributed by atoms with E-state index in [1.807, 2.05) is 30.3 Å². The molecular weight excluding hydrogens is 277 g/mol. The third-order valence-corrected chi connectivity index (χ3v) is 3.35. The second-order valence-corrected chi connectivity index (χ2v) is 5.31. The first kappa shape index (κ1) is 14.6. The molecule has 1 N–H and O–H groups in total. The third-order valence-electron chi connectivity index (χ3n) is 2.41. The maximum atomic E-state index is 11.6. The number of anilines is 1. The van der Waals surface area contributed by atoms with Crippen molar-refractivity contribution < 1.29 is 18.5 Å². The lowest BCUT2D eigenvalue weighted by molar-refractivity contribution is -0.216. The predicted molar refractivity (Wildman–Crippen MR) is 75.6 cm³/mol. The van der Waals surface area contributed by atoms with Gasteiger partial charge in [-0.25, -0.2) is 0 Å². The molecule has 2 rings (SSSR count). The van der Waals surface area contributed by atoms with Gasteiger partial charge in [-0.05, 0) is 24.3 Å². The Hall–Kier alpha value is -1.81. The van der Waals surface area contributed by atoms with Crippen LogP contribution in [0.3, 0.4) is 0 Å². The van der Waals surface area contributed by atoms with Crippen molar-refractivity contribution in [3.63, 3.8) is 0 Å². The zero-order chi connectivity index (χ0) is 14.3. The third kappa shape index (κ3) is 5.05. The maximum absolute atomic E-state index is 11.6. The molecule has 0 saturated carbocycles. The van der Waals surface area contributed by atoms with Gasteiger partial charge in [-0.15, -0.1) is 0 Å². The Bertz CT molecular complexity index is 562. The minimum absolute atomic E-state index is 0.00249. The van der Waals surface area contributed by atoms with E-state index in [1.54, 1.807) is 30.3 Å². The first-order valence-corrected chi connectivity index (χ1v) is 7.61. The highest BCUT2D eigenvalue weighted by Gasteiger charge is 2.10. The molecule has 106 valence electrons.